The fourth-order valence-corrected chi connectivity index (χ4v) is 4.25. The Morgan fingerprint density at radius 2 is 1.77 bits per heavy atom. The van der Waals surface area contributed by atoms with Gasteiger partial charge in [-0.05, 0) is 59.6 Å². The predicted octanol–water partition coefficient (Wildman–Crippen LogP) is 5.76. The Hall–Kier alpha value is -1.30. The van der Waals surface area contributed by atoms with Crippen LogP contribution in [0.3, 0.4) is 0 Å². The van der Waals surface area contributed by atoms with Crippen LogP contribution in [0, 0.1) is 24.2 Å². The fourth-order valence-electron chi connectivity index (χ4n) is 4.25. The van der Waals surface area contributed by atoms with Crippen LogP contribution in [0.5, 0.6) is 0 Å². The highest BCUT2D eigenvalue weighted by Gasteiger charge is 2.40. The topological polar surface area (TPSA) is 0 Å². The second kappa shape index (κ2) is 6.86. The Bertz CT molecular complexity index is 563. The maximum Gasteiger partial charge on any atom is -0.000879 e. The highest BCUT2D eigenvalue weighted by atomic mass is 14.4. The summed E-state index contributed by atoms with van der Waals surface area (Å²) >= 11 is 0. The number of aryl methyl sites for hydroxylation is 1. The first-order valence-electron chi connectivity index (χ1n) is 8.98. The molecule has 2 radical (unpaired) electrons. The Morgan fingerprint density at radius 3 is 2.50 bits per heavy atom. The number of benzene rings is 1. The van der Waals surface area contributed by atoms with Gasteiger partial charge in [-0.1, -0.05) is 76.1 Å². The van der Waals surface area contributed by atoms with Crippen LogP contribution in [0.1, 0.15) is 56.2 Å². The molecular weight excluding hydrogens is 264 g/mol. The average Bonchev–Trinajstić information content (AvgIpc) is 2.87. The summed E-state index contributed by atoms with van der Waals surface area (Å²) in [6.45, 7) is 6.99. The molecule has 3 rings (SSSR count). The van der Waals surface area contributed by atoms with Crippen molar-refractivity contribution in [2.45, 2.75) is 52.4 Å². The van der Waals surface area contributed by atoms with Crippen LogP contribution in [-0.4, -0.2) is 0 Å². The van der Waals surface area contributed by atoms with E-state index in [0.29, 0.717) is 23.7 Å². The minimum Gasteiger partial charge on any atom is -0.0805 e. The molecule has 0 spiro atoms. The third-order valence-corrected chi connectivity index (χ3v) is 5.35. The lowest BCUT2D eigenvalue weighted by molar-refractivity contribution is 0.429. The summed E-state index contributed by atoms with van der Waals surface area (Å²) in [7, 11) is 0. The van der Waals surface area contributed by atoms with Gasteiger partial charge in [-0.2, -0.15) is 0 Å². The first-order valence-corrected chi connectivity index (χ1v) is 8.98. The van der Waals surface area contributed by atoms with Gasteiger partial charge in [0.05, 0.1) is 0 Å². The average molecular weight is 292 g/mol. The van der Waals surface area contributed by atoms with E-state index in [4.69, 9.17) is 0 Å². The molecule has 0 saturated heterocycles. The van der Waals surface area contributed by atoms with Gasteiger partial charge in [0, 0.05) is 0 Å². The molecule has 2 aliphatic carbocycles. The number of rotatable bonds is 5. The van der Waals surface area contributed by atoms with Crippen molar-refractivity contribution in [1.82, 2.24) is 0 Å². The predicted molar refractivity (Wildman–Crippen MR) is 94.8 cm³/mol. The lowest BCUT2D eigenvalue weighted by atomic mass is 9.81. The second-order valence-corrected chi connectivity index (χ2v) is 6.86. The first kappa shape index (κ1) is 15.6. The van der Waals surface area contributed by atoms with Crippen molar-refractivity contribution in [1.29, 1.82) is 0 Å². The molecule has 1 aromatic carbocycles. The van der Waals surface area contributed by atoms with Gasteiger partial charge in [-0.25, -0.2) is 0 Å². The smallest absolute Gasteiger partial charge is 0.000879 e. The molecule has 1 saturated carbocycles. The standard InChI is InChI=1S/C22H28/c1-4-9-17-12-8-14-21(20(17)10-5-2)22-15-18-11-6-7-13-19(18)16(22)3/h6-8,11-14,16,18-19,22H,4-5,9-10H2,1-3H3. The van der Waals surface area contributed by atoms with E-state index in [1.165, 1.54) is 25.7 Å². The summed E-state index contributed by atoms with van der Waals surface area (Å²) in [4.78, 5) is 0. The van der Waals surface area contributed by atoms with Gasteiger partial charge >= 0.3 is 0 Å². The van der Waals surface area contributed by atoms with Gasteiger partial charge in [0.1, 0.15) is 0 Å². The van der Waals surface area contributed by atoms with Crippen molar-refractivity contribution in [2.75, 3.05) is 0 Å². The summed E-state index contributed by atoms with van der Waals surface area (Å²) in [5.74, 6) is 2.29. The molecule has 0 nitrogen and oxygen atoms in total. The molecule has 0 heterocycles. The van der Waals surface area contributed by atoms with E-state index in [9.17, 15) is 0 Å². The van der Waals surface area contributed by atoms with Gasteiger partial charge < -0.3 is 0 Å². The maximum atomic E-state index is 3.89. The highest BCUT2D eigenvalue weighted by molar-refractivity contribution is 5.42. The minimum atomic E-state index is 0.487. The van der Waals surface area contributed by atoms with Crippen molar-refractivity contribution in [3.63, 3.8) is 0 Å². The SMILES string of the molecule is CCCc1cccc(C2[C]C3C=CC=CC3C2C)c1CCC. The molecule has 1 fully saturated rings. The van der Waals surface area contributed by atoms with Gasteiger partial charge in [0.2, 0.25) is 0 Å². The zero-order valence-electron chi connectivity index (χ0n) is 14.2. The fraction of sp³-hybridized carbons (Fsp3) is 0.500. The van der Waals surface area contributed by atoms with Crippen molar-refractivity contribution in [2.24, 2.45) is 17.8 Å². The van der Waals surface area contributed by atoms with Crippen LogP contribution in [0.15, 0.2) is 42.5 Å². The van der Waals surface area contributed by atoms with E-state index in [1.54, 1.807) is 16.7 Å². The first-order chi connectivity index (χ1) is 10.8. The summed E-state index contributed by atoms with van der Waals surface area (Å²) in [6.07, 6.45) is 17.9. The lowest BCUT2D eigenvalue weighted by Crippen LogP contribution is -2.13. The molecule has 116 valence electrons. The molecule has 0 bridgehead atoms. The molecule has 4 atom stereocenters. The number of hydrogen-bond donors (Lipinski definition) is 0. The highest BCUT2D eigenvalue weighted by Crippen LogP contribution is 2.49. The zero-order valence-corrected chi connectivity index (χ0v) is 14.2. The number of fused-ring (bicyclic) bond motifs is 1. The third kappa shape index (κ3) is 2.81. The van der Waals surface area contributed by atoms with E-state index >= 15 is 0 Å². The molecule has 0 heteroatoms. The van der Waals surface area contributed by atoms with Crippen LogP contribution in [0.25, 0.3) is 0 Å². The van der Waals surface area contributed by atoms with Crippen molar-refractivity contribution < 1.29 is 0 Å². The van der Waals surface area contributed by atoms with Crippen LogP contribution in [0.4, 0.5) is 0 Å². The molecule has 0 amide bonds. The minimum absolute atomic E-state index is 0.487. The Labute approximate surface area is 136 Å². The zero-order chi connectivity index (χ0) is 15.5. The van der Waals surface area contributed by atoms with E-state index in [2.05, 4.69) is 69.7 Å². The van der Waals surface area contributed by atoms with E-state index in [0.717, 1.165) is 0 Å². The molecule has 2 aliphatic rings. The van der Waals surface area contributed by atoms with Crippen molar-refractivity contribution in [3.05, 3.63) is 65.6 Å². The molecule has 0 N–H and O–H groups in total. The second-order valence-electron chi connectivity index (χ2n) is 6.86. The van der Waals surface area contributed by atoms with E-state index < -0.39 is 0 Å². The van der Waals surface area contributed by atoms with E-state index in [-0.39, 0.29) is 0 Å². The maximum absolute atomic E-state index is 3.89. The van der Waals surface area contributed by atoms with Gasteiger partial charge in [-0.3, -0.25) is 0 Å². The molecule has 0 aromatic heterocycles. The van der Waals surface area contributed by atoms with Crippen LogP contribution in [0.2, 0.25) is 0 Å². The molecule has 4 unspecified atom stereocenters. The molecule has 22 heavy (non-hydrogen) atoms. The monoisotopic (exact) mass is 292 g/mol. The largest absolute Gasteiger partial charge is 0.0805 e. The summed E-state index contributed by atoms with van der Waals surface area (Å²) in [6, 6.07) is 6.97. The number of allylic oxidation sites excluding steroid dienone is 4. The summed E-state index contributed by atoms with van der Waals surface area (Å²) in [5.41, 5.74) is 4.73. The van der Waals surface area contributed by atoms with E-state index in [1.807, 2.05) is 0 Å². The number of hydrogen-bond acceptors (Lipinski definition) is 0. The van der Waals surface area contributed by atoms with Gasteiger partial charge in [0.15, 0.2) is 0 Å². The molecular formula is C22H28. The van der Waals surface area contributed by atoms with Crippen molar-refractivity contribution in [3.8, 4) is 0 Å². The third-order valence-electron chi connectivity index (χ3n) is 5.35. The van der Waals surface area contributed by atoms with Crippen LogP contribution >= 0.6 is 0 Å². The Morgan fingerprint density at radius 1 is 1.00 bits per heavy atom. The summed E-state index contributed by atoms with van der Waals surface area (Å²) in [5, 5.41) is 0. The van der Waals surface area contributed by atoms with Crippen molar-refractivity contribution >= 4 is 0 Å². The quantitative estimate of drug-likeness (QED) is 0.646. The van der Waals surface area contributed by atoms with Gasteiger partial charge in [-0.15, -0.1) is 0 Å². The van der Waals surface area contributed by atoms with Crippen LogP contribution < -0.4 is 0 Å². The molecule has 1 aromatic rings. The normalized spacial score (nSPS) is 29.8. The van der Waals surface area contributed by atoms with Crippen LogP contribution in [-0.2, 0) is 12.8 Å². The molecule has 0 aliphatic heterocycles. The summed E-state index contributed by atoms with van der Waals surface area (Å²) < 4.78 is 0. The Kier molecular flexibility index (Phi) is 4.86. The lowest BCUT2D eigenvalue weighted by Gasteiger charge is -2.24. The Balaban J connectivity index is 1.95. The van der Waals surface area contributed by atoms with Gasteiger partial charge in [0.25, 0.3) is 0 Å².